The molecule has 0 aliphatic carbocycles. The smallest absolute Gasteiger partial charge is 0.407 e. The van der Waals surface area contributed by atoms with Gasteiger partial charge in [-0.25, -0.2) is 4.79 Å². The fourth-order valence-electron chi connectivity index (χ4n) is 6.19. The summed E-state index contributed by atoms with van der Waals surface area (Å²) in [4.78, 5) is 44.2. The zero-order valence-corrected chi connectivity index (χ0v) is 25.7. The number of benzene rings is 3. The second-order valence-electron chi connectivity index (χ2n) is 12.0. The summed E-state index contributed by atoms with van der Waals surface area (Å²) < 4.78 is 5.27. The summed E-state index contributed by atoms with van der Waals surface area (Å²) in [7, 11) is 0. The maximum atomic E-state index is 14.0. The molecule has 44 heavy (non-hydrogen) atoms. The van der Waals surface area contributed by atoms with E-state index >= 15 is 0 Å². The molecule has 3 aromatic carbocycles. The predicted molar refractivity (Wildman–Crippen MR) is 171 cm³/mol. The van der Waals surface area contributed by atoms with Gasteiger partial charge in [-0.05, 0) is 62.1 Å². The maximum absolute atomic E-state index is 14.0. The van der Waals surface area contributed by atoms with Crippen molar-refractivity contribution in [1.29, 1.82) is 0 Å². The van der Waals surface area contributed by atoms with E-state index in [4.69, 9.17) is 4.74 Å². The fourth-order valence-corrected chi connectivity index (χ4v) is 6.19. The van der Waals surface area contributed by atoms with Crippen LogP contribution in [0.2, 0.25) is 0 Å². The first-order valence-electron chi connectivity index (χ1n) is 15.8. The van der Waals surface area contributed by atoms with Crippen molar-refractivity contribution in [2.45, 2.75) is 70.2 Å². The molecular weight excluding hydrogens is 552 g/mol. The number of unbranched alkanes of at least 4 members (excludes halogenated alkanes) is 1. The van der Waals surface area contributed by atoms with Crippen LogP contribution in [0.3, 0.4) is 0 Å². The minimum atomic E-state index is -0.841. The lowest BCUT2D eigenvalue weighted by molar-refractivity contribution is -0.162. The van der Waals surface area contributed by atoms with E-state index in [2.05, 4.69) is 64.1 Å². The van der Waals surface area contributed by atoms with Gasteiger partial charge in [-0.15, -0.1) is 0 Å². The molecule has 1 spiro atoms. The normalized spacial score (nSPS) is 18.2. The van der Waals surface area contributed by atoms with Crippen LogP contribution < -0.4 is 10.6 Å². The van der Waals surface area contributed by atoms with Gasteiger partial charge in [0.25, 0.3) is 0 Å². The SMILES string of the molecule is Cc1ccc(CN2C(=O)[C@H](CCCCNC(=O)OCc3ccccc3)NC(=O)C23CCN(CCc2ccccc2)CC3)cc1. The number of hydrogen-bond acceptors (Lipinski definition) is 5. The van der Waals surface area contributed by atoms with Crippen molar-refractivity contribution >= 4 is 17.9 Å². The zero-order valence-electron chi connectivity index (χ0n) is 25.7. The minimum Gasteiger partial charge on any atom is -0.445 e. The Morgan fingerprint density at radius 1 is 0.886 bits per heavy atom. The Balaban J connectivity index is 1.15. The van der Waals surface area contributed by atoms with Gasteiger partial charge in [-0.3, -0.25) is 9.59 Å². The third-order valence-electron chi connectivity index (χ3n) is 8.91. The van der Waals surface area contributed by atoms with Crippen molar-refractivity contribution < 1.29 is 19.1 Å². The Hall–Kier alpha value is -4.17. The number of carbonyl (C=O) groups is 3. The Morgan fingerprint density at radius 3 is 2.23 bits per heavy atom. The van der Waals surface area contributed by atoms with Gasteiger partial charge in [0.2, 0.25) is 11.8 Å². The van der Waals surface area contributed by atoms with Crippen molar-refractivity contribution in [1.82, 2.24) is 20.4 Å². The van der Waals surface area contributed by atoms with Crippen LogP contribution in [-0.4, -0.2) is 65.5 Å². The van der Waals surface area contributed by atoms with E-state index in [1.165, 1.54) is 5.56 Å². The number of nitrogens with one attached hydrogen (secondary N) is 2. The highest BCUT2D eigenvalue weighted by Crippen LogP contribution is 2.35. The van der Waals surface area contributed by atoms with Gasteiger partial charge in [0, 0.05) is 32.7 Å². The van der Waals surface area contributed by atoms with Gasteiger partial charge < -0.3 is 25.2 Å². The van der Waals surface area contributed by atoms with Crippen LogP contribution in [0.15, 0.2) is 84.9 Å². The average Bonchev–Trinajstić information content (AvgIpc) is 3.06. The lowest BCUT2D eigenvalue weighted by Gasteiger charge is -2.51. The molecule has 0 bridgehead atoms. The van der Waals surface area contributed by atoms with Gasteiger partial charge in [-0.2, -0.15) is 0 Å². The van der Waals surface area contributed by atoms with E-state index in [9.17, 15) is 14.4 Å². The standard InChI is InChI=1S/C36H44N4O4/c1-28-15-17-30(18-16-28)26-40-33(41)32(14-8-9-22-37-35(43)44-27-31-12-6-3-7-13-31)38-34(42)36(40)20-24-39(25-21-36)23-19-29-10-4-2-5-11-29/h2-7,10-13,15-18,32H,8-9,14,19-27H2,1H3,(H,37,43)(H,38,42)/t32-/m0/s1. The second kappa shape index (κ2) is 15.0. The highest BCUT2D eigenvalue weighted by Gasteiger charge is 2.53. The molecule has 8 nitrogen and oxygen atoms in total. The first-order valence-corrected chi connectivity index (χ1v) is 15.8. The molecule has 0 radical (unpaired) electrons. The Bertz CT molecular complexity index is 1370. The molecule has 232 valence electrons. The summed E-state index contributed by atoms with van der Waals surface area (Å²) >= 11 is 0. The fraction of sp³-hybridized carbons (Fsp3) is 0.417. The molecule has 3 aromatic rings. The van der Waals surface area contributed by atoms with Gasteiger partial charge in [0.05, 0.1) is 0 Å². The maximum Gasteiger partial charge on any atom is 0.407 e. The summed E-state index contributed by atoms with van der Waals surface area (Å²) in [5.41, 5.74) is 3.59. The Kier molecular flexibility index (Phi) is 10.7. The number of alkyl carbamates (subject to hydrolysis) is 1. The van der Waals surface area contributed by atoms with Crippen LogP contribution in [0.5, 0.6) is 0 Å². The number of piperazine rings is 1. The van der Waals surface area contributed by atoms with E-state index in [-0.39, 0.29) is 18.4 Å². The Morgan fingerprint density at radius 2 is 1.55 bits per heavy atom. The molecule has 2 saturated heterocycles. The lowest BCUT2D eigenvalue weighted by atomic mass is 9.81. The van der Waals surface area contributed by atoms with Gasteiger partial charge >= 0.3 is 6.09 Å². The van der Waals surface area contributed by atoms with Crippen LogP contribution in [0, 0.1) is 6.92 Å². The van der Waals surface area contributed by atoms with Crippen molar-refractivity contribution in [3.63, 3.8) is 0 Å². The first kappa shape index (κ1) is 31.3. The molecule has 0 aromatic heterocycles. The summed E-state index contributed by atoms with van der Waals surface area (Å²) in [5.74, 6) is -0.0577. The number of carbonyl (C=O) groups excluding carboxylic acids is 3. The third-order valence-corrected chi connectivity index (χ3v) is 8.91. The molecule has 8 heteroatoms. The molecule has 3 amide bonds. The molecule has 1 atom stereocenters. The molecular formula is C36H44N4O4. The molecule has 0 unspecified atom stereocenters. The quantitative estimate of drug-likeness (QED) is 0.288. The van der Waals surface area contributed by atoms with Crippen LogP contribution in [0.4, 0.5) is 4.79 Å². The first-order chi connectivity index (χ1) is 21.4. The molecule has 2 aliphatic rings. The number of aryl methyl sites for hydroxylation is 1. The molecule has 2 N–H and O–H groups in total. The van der Waals surface area contributed by atoms with E-state index in [0.29, 0.717) is 45.2 Å². The van der Waals surface area contributed by atoms with E-state index < -0.39 is 17.7 Å². The highest BCUT2D eigenvalue weighted by atomic mass is 16.5. The van der Waals surface area contributed by atoms with Gasteiger partial charge in [0.15, 0.2) is 0 Å². The van der Waals surface area contributed by atoms with Gasteiger partial charge in [-0.1, -0.05) is 90.5 Å². The summed E-state index contributed by atoms with van der Waals surface area (Å²) in [5, 5.41) is 5.88. The third kappa shape index (κ3) is 8.05. The van der Waals surface area contributed by atoms with Crippen LogP contribution in [0.25, 0.3) is 0 Å². The molecule has 0 saturated carbocycles. The van der Waals surface area contributed by atoms with Crippen molar-refractivity contribution in [2.24, 2.45) is 0 Å². The number of nitrogens with zero attached hydrogens (tertiary/aromatic N) is 2. The van der Waals surface area contributed by atoms with Crippen LogP contribution in [0.1, 0.15) is 54.4 Å². The van der Waals surface area contributed by atoms with Crippen molar-refractivity contribution in [3.8, 4) is 0 Å². The second-order valence-corrected chi connectivity index (χ2v) is 12.0. The molecule has 2 aliphatic heterocycles. The average molecular weight is 597 g/mol. The lowest BCUT2D eigenvalue weighted by Crippen LogP contribution is -2.72. The largest absolute Gasteiger partial charge is 0.445 e. The predicted octanol–water partition coefficient (Wildman–Crippen LogP) is 5.00. The van der Waals surface area contributed by atoms with Crippen molar-refractivity contribution in [2.75, 3.05) is 26.2 Å². The molecule has 2 heterocycles. The minimum absolute atomic E-state index is 0.0156. The van der Waals surface area contributed by atoms with E-state index in [1.807, 2.05) is 48.2 Å². The number of piperidine rings is 1. The van der Waals surface area contributed by atoms with Crippen LogP contribution >= 0.6 is 0 Å². The number of hydrogen-bond donors (Lipinski definition) is 2. The Labute approximate surface area is 260 Å². The number of amides is 3. The summed E-state index contributed by atoms with van der Waals surface area (Å²) in [6, 6.07) is 27.6. The summed E-state index contributed by atoms with van der Waals surface area (Å²) in [6.07, 6.45) is 3.63. The molecule has 2 fully saturated rings. The zero-order chi connectivity index (χ0) is 30.8. The van der Waals surface area contributed by atoms with E-state index in [0.717, 1.165) is 42.7 Å². The number of likely N-dealkylation sites (tertiary alicyclic amines) is 1. The van der Waals surface area contributed by atoms with Gasteiger partial charge in [0.1, 0.15) is 18.2 Å². The molecule has 5 rings (SSSR count). The summed E-state index contributed by atoms with van der Waals surface area (Å²) in [6.45, 7) is 5.61. The highest BCUT2D eigenvalue weighted by molar-refractivity contribution is 6.00. The topological polar surface area (TPSA) is 91.0 Å². The van der Waals surface area contributed by atoms with Crippen LogP contribution in [-0.2, 0) is 33.9 Å². The number of ether oxygens (including phenoxy) is 1. The van der Waals surface area contributed by atoms with Crippen molar-refractivity contribution in [3.05, 3.63) is 107 Å². The monoisotopic (exact) mass is 596 g/mol. The van der Waals surface area contributed by atoms with E-state index in [1.54, 1.807) is 0 Å². The number of rotatable bonds is 12.